The molecule has 1 N–H and O–H groups in total. The first-order valence-corrected chi connectivity index (χ1v) is 11.7. The molecule has 0 spiro atoms. The number of carbonyl (C=O) groups excluding carboxylic acids is 1. The van der Waals surface area contributed by atoms with E-state index < -0.39 is 5.92 Å². The number of aromatic nitrogens is 3. The lowest BCUT2D eigenvalue weighted by molar-refractivity contribution is 0.0175. The summed E-state index contributed by atoms with van der Waals surface area (Å²) in [4.78, 5) is 28.7. The summed E-state index contributed by atoms with van der Waals surface area (Å²) in [5, 5.41) is 2.77. The van der Waals surface area contributed by atoms with Crippen molar-refractivity contribution in [1.82, 2.24) is 19.9 Å². The fraction of sp³-hybridized carbons (Fsp3) is 0.214. The minimum atomic E-state index is -2.99. The minimum absolute atomic E-state index is 0.150. The van der Waals surface area contributed by atoms with Gasteiger partial charge in [0.05, 0.1) is 17.9 Å². The number of anilines is 1. The van der Waals surface area contributed by atoms with E-state index in [9.17, 15) is 13.6 Å². The Morgan fingerprint density at radius 1 is 1.06 bits per heavy atom. The summed E-state index contributed by atoms with van der Waals surface area (Å²) < 4.78 is 27.5. The van der Waals surface area contributed by atoms with Crippen LogP contribution in [0.4, 0.5) is 19.3 Å². The number of fused-ring (bicyclic) bond motifs is 1. The Balaban J connectivity index is 1.48. The van der Waals surface area contributed by atoms with Gasteiger partial charge in [-0.25, -0.2) is 23.5 Å². The van der Waals surface area contributed by atoms with Crippen molar-refractivity contribution in [1.29, 1.82) is 0 Å². The molecule has 0 unspecified atom stereocenters. The Kier molecular flexibility index (Phi) is 6.18. The number of rotatable bonds is 4. The third-order valence-corrected chi connectivity index (χ3v) is 6.29. The van der Waals surface area contributed by atoms with Crippen LogP contribution in [-0.2, 0) is 18.9 Å². The van der Waals surface area contributed by atoms with Crippen molar-refractivity contribution in [3.8, 4) is 22.6 Å². The maximum atomic E-state index is 13.7. The normalized spacial score (nSPS) is 13.3. The van der Waals surface area contributed by atoms with Gasteiger partial charge in [0.2, 0.25) is 0 Å². The summed E-state index contributed by atoms with van der Waals surface area (Å²) in [5.74, 6) is -2.40. The lowest BCUT2D eigenvalue weighted by Crippen LogP contribution is -2.39. The van der Waals surface area contributed by atoms with E-state index in [1.54, 1.807) is 23.4 Å². The first-order chi connectivity index (χ1) is 17.3. The highest BCUT2D eigenvalue weighted by Gasteiger charge is 2.28. The number of nitrogens with one attached hydrogen (secondary N) is 1. The molecule has 0 fully saturated rings. The topological polar surface area (TPSA) is 71.0 Å². The smallest absolute Gasteiger partial charge is 0.320 e. The Hall–Kier alpha value is -4.20. The van der Waals surface area contributed by atoms with Gasteiger partial charge >= 0.3 is 6.03 Å². The van der Waals surface area contributed by atoms with Crippen molar-refractivity contribution < 1.29 is 13.6 Å². The van der Waals surface area contributed by atoms with E-state index in [2.05, 4.69) is 10.3 Å². The van der Waals surface area contributed by atoms with Gasteiger partial charge in [-0.3, -0.25) is 4.98 Å². The molecule has 2 aromatic heterocycles. The molecular formula is C28H25F2N5O. The molecular weight excluding hydrogens is 460 g/mol. The number of benzene rings is 2. The molecule has 1 aliphatic heterocycles. The largest absolute Gasteiger partial charge is 0.322 e. The molecule has 0 saturated heterocycles. The zero-order chi connectivity index (χ0) is 25.3. The van der Waals surface area contributed by atoms with Crippen LogP contribution in [0.15, 0.2) is 73.1 Å². The van der Waals surface area contributed by atoms with Crippen molar-refractivity contribution in [2.75, 3.05) is 11.9 Å². The third-order valence-electron chi connectivity index (χ3n) is 6.29. The van der Waals surface area contributed by atoms with Crippen LogP contribution in [-0.4, -0.2) is 32.4 Å². The van der Waals surface area contributed by atoms with Crippen molar-refractivity contribution >= 4 is 11.7 Å². The molecule has 0 saturated carbocycles. The molecule has 3 heterocycles. The fourth-order valence-electron chi connectivity index (χ4n) is 4.35. The molecule has 4 aromatic rings. The molecule has 0 atom stereocenters. The van der Waals surface area contributed by atoms with Crippen LogP contribution < -0.4 is 5.32 Å². The molecule has 5 rings (SSSR count). The van der Waals surface area contributed by atoms with Crippen LogP contribution in [0.5, 0.6) is 0 Å². The van der Waals surface area contributed by atoms with Gasteiger partial charge in [-0.15, -0.1) is 0 Å². The molecule has 0 bridgehead atoms. The summed E-state index contributed by atoms with van der Waals surface area (Å²) in [6, 6.07) is 17.2. The zero-order valence-electron chi connectivity index (χ0n) is 20.0. The van der Waals surface area contributed by atoms with Gasteiger partial charge in [0.15, 0.2) is 5.82 Å². The number of amides is 2. The van der Waals surface area contributed by atoms with E-state index in [1.165, 1.54) is 18.2 Å². The highest BCUT2D eigenvalue weighted by molar-refractivity contribution is 5.89. The molecule has 8 heteroatoms. The van der Waals surface area contributed by atoms with E-state index in [0.29, 0.717) is 31.0 Å². The van der Waals surface area contributed by atoms with Crippen LogP contribution in [0.25, 0.3) is 22.6 Å². The van der Waals surface area contributed by atoms with Gasteiger partial charge in [-0.2, -0.15) is 0 Å². The van der Waals surface area contributed by atoms with Crippen LogP contribution in [0.2, 0.25) is 0 Å². The van der Waals surface area contributed by atoms with Gasteiger partial charge in [-0.05, 0) is 36.8 Å². The minimum Gasteiger partial charge on any atom is -0.320 e. The number of carbonyl (C=O) groups is 1. The highest BCUT2D eigenvalue weighted by Crippen LogP contribution is 2.33. The quantitative estimate of drug-likeness (QED) is 0.373. The Labute approximate surface area is 208 Å². The lowest BCUT2D eigenvalue weighted by atomic mass is 9.96. The summed E-state index contributed by atoms with van der Waals surface area (Å²) in [7, 11) is 0. The monoisotopic (exact) mass is 485 g/mol. The number of hydrogen-bond donors (Lipinski definition) is 1. The molecule has 0 radical (unpaired) electrons. The number of halogens is 2. The van der Waals surface area contributed by atoms with E-state index in [-0.39, 0.29) is 11.6 Å². The number of alkyl halides is 2. The summed E-state index contributed by atoms with van der Waals surface area (Å²) >= 11 is 0. The van der Waals surface area contributed by atoms with E-state index in [1.807, 2.05) is 43.3 Å². The molecule has 2 aromatic carbocycles. The summed E-state index contributed by atoms with van der Waals surface area (Å²) in [5.41, 5.74) is 5.58. The second-order valence-corrected chi connectivity index (χ2v) is 8.95. The Morgan fingerprint density at radius 3 is 2.64 bits per heavy atom. The van der Waals surface area contributed by atoms with Crippen molar-refractivity contribution in [2.24, 2.45) is 0 Å². The predicted molar refractivity (Wildman–Crippen MR) is 135 cm³/mol. The molecule has 1 aliphatic rings. The summed E-state index contributed by atoms with van der Waals surface area (Å²) in [6.07, 6.45) is 3.99. The van der Waals surface area contributed by atoms with Crippen LogP contribution >= 0.6 is 0 Å². The van der Waals surface area contributed by atoms with Gasteiger partial charge in [0.1, 0.15) is 0 Å². The average Bonchev–Trinajstić information content (AvgIpc) is 2.88. The fourth-order valence-corrected chi connectivity index (χ4v) is 4.35. The van der Waals surface area contributed by atoms with Crippen LogP contribution in [0.3, 0.4) is 0 Å². The van der Waals surface area contributed by atoms with Gasteiger partial charge < -0.3 is 10.2 Å². The van der Waals surface area contributed by atoms with Crippen LogP contribution in [0, 0.1) is 6.92 Å². The first kappa shape index (κ1) is 23.5. The van der Waals surface area contributed by atoms with E-state index >= 15 is 0 Å². The molecule has 6 nitrogen and oxygen atoms in total. The molecule has 182 valence electrons. The highest BCUT2D eigenvalue weighted by atomic mass is 19.3. The standard InChI is InChI=1S/C28H25F2N5O/c1-18-7-3-4-11-22(18)25-23-17-35(27(36)32-21-10-5-9-20(15-21)28(2,29)30)14-12-24(23)33-26(34-25)19-8-6-13-31-16-19/h3-11,13,15-16H,12,14,17H2,1-2H3,(H,32,36). The van der Waals surface area contributed by atoms with Crippen LogP contribution in [0.1, 0.15) is 29.3 Å². The average molecular weight is 486 g/mol. The van der Waals surface area contributed by atoms with Crippen molar-refractivity contribution in [3.05, 3.63) is 95.4 Å². The van der Waals surface area contributed by atoms with E-state index in [4.69, 9.17) is 9.97 Å². The first-order valence-electron chi connectivity index (χ1n) is 11.7. The molecule has 2 amide bonds. The second kappa shape index (κ2) is 9.45. The maximum absolute atomic E-state index is 13.7. The summed E-state index contributed by atoms with van der Waals surface area (Å²) in [6.45, 7) is 3.61. The second-order valence-electron chi connectivity index (χ2n) is 8.95. The lowest BCUT2D eigenvalue weighted by Gasteiger charge is -2.30. The predicted octanol–water partition coefficient (Wildman–Crippen LogP) is 6.22. The Bertz CT molecular complexity index is 1420. The number of pyridine rings is 1. The number of urea groups is 1. The Morgan fingerprint density at radius 2 is 1.89 bits per heavy atom. The SMILES string of the molecule is Cc1ccccc1-c1nc(-c2cccnc2)nc2c1CN(C(=O)Nc1cccc(C(C)(F)F)c1)CC2. The van der Waals surface area contributed by atoms with Gasteiger partial charge in [-0.1, -0.05) is 36.4 Å². The number of nitrogens with zero attached hydrogens (tertiary/aromatic N) is 4. The van der Waals surface area contributed by atoms with Crippen molar-refractivity contribution in [3.63, 3.8) is 0 Å². The number of hydrogen-bond acceptors (Lipinski definition) is 4. The molecule has 36 heavy (non-hydrogen) atoms. The maximum Gasteiger partial charge on any atom is 0.322 e. The zero-order valence-corrected chi connectivity index (χ0v) is 20.0. The van der Waals surface area contributed by atoms with Gasteiger partial charge in [0, 0.05) is 60.2 Å². The third kappa shape index (κ3) is 4.79. The van der Waals surface area contributed by atoms with Crippen molar-refractivity contribution in [2.45, 2.75) is 32.7 Å². The molecule has 0 aliphatic carbocycles. The van der Waals surface area contributed by atoms with Gasteiger partial charge in [0.25, 0.3) is 5.92 Å². The van der Waals surface area contributed by atoms with E-state index in [0.717, 1.165) is 40.6 Å². The number of aryl methyl sites for hydroxylation is 1.